The lowest BCUT2D eigenvalue weighted by Gasteiger charge is -2.19. The van der Waals surface area contributed by atoms with Crippen molar-refractivity contribution < 1.29 is 34.6 Å². The van der Waals surface area contributed by atoms with Crippen LogP contribution < -0.4 is 0 Å². The highest BCUT2D eigenvalue weighted by Gasteiger charge is 2.35. The maximum atomic E-state index is 9.07. The summed E-state index contributed by atoms with van der Waals surface area (Å²) in [6.07, 6.45) is -2.83. The number of aliphatic hydroxyl groups is 4. The highest BCUT2D eigenvalue weighted by Crippen LogP contribution is 2.18. The minimum atomic E-state index is -0.965. The van der Waals surface area contributed by atoms with Crippen molar-refractivity contribution in [2.24, 2.45) is 0 Å². The topological polar surface area (TPSA) is 112 Å². The number of epoxide rings is 1. The van der Waals surface area contributed by atoms with Crippen molar-refractivity contribution in [1.29, 1.82) is 0 Å². The van der Waals surface area contributed by atoms with Crippen molar-refractivity contribution >= 4 is 0 Å². The molecule has 0 aromatic carbocycles. The van der Waals surface area contributed by atoms with Gasteiger partial charge >= 0.3 is 0 Å². The lowest BCUT2D eigenvalue weighted by atomic mass is 10.4. The van der Waals surface area contributed by atoms with Gasteiger partial charge in [0.1, 0.15) is 18.3 Å². The van der Waals surface area contributed by atoms with Crippen molar-refractivity contribution in [3.05, 3.63) is 0 Å². The van der Waals surface area contributed by atoms with Gasteiger partial charge in [0.15, 0.2) is 6.29 Å². The van der Waals surface area contributed by atoms with Gasteiger partial charge in [0.25, 0.3) is 0 Å². The normalized spacial score (nSPS) is 25.1. The molecule has 0 saturated carbocycles. The quantitative estimate of drug-likeness (QED) is 0.258. The standard InChI is InChI=1S/C9H18O7/c10-1-6(12)3-15-9(8-5-14-8)16-4-7(13)2-11/h6-13H,1-5H2. The summed E-state index contributed by atoms with van der Waals surface area (Å²) in [5, 5.41) is 35.3. The Morgan fingerprint density at radius 2 is 1.50 bits per heavy atom. The van der Waals surface area contributed by atoms with Crippen LogP contribution in [0.3, 0.4) is 0 Å². The summed E-state index contributed by atoms with van der Waals surface area (Å²) in [5.41, 5.74) is 0. The molecule has 96 valence electrons. The Labute approximate surface area is 93.2 Å². The fraction of sp³-hybridized carbons (Fsp3) is 1.00. The predicted molar refractivity (Wildman–Crippen MR) is 51.6 cm³/mol. The first kappa shape index (κ1) is 13.8. The Morgan fingerprint density at radius 1 is 1.06 bits per heavy atom. The maximum absolute atomic E-state index is 9.07. The maximum Gasteiger partial charge on any atom is 0.186 e. The van der Waals surface area contributed by atoms with E-state index < -0.39 is 31.7 Å². The minimum absolute atomic E-state index is 0.0732. The third-order valence-electron chi connectivity index (χ3n) is 1.99. The second-order valence-electron chi connectivity index (χ2n) is 3.58. The number of aliphatic hydroxyl groups excluding tert-OH is 4. The van der Waals surface area contributed by atoms with E-state index in [2.05, 4.69) is 0 Å². The van der Waals surface area contributed by atoms with Crippen LogP contribution in [0.4, 0.5) is 0 Å². The minimum Gasteiger partial charge on any atom is -0.394 e. The molecule has 7 heteroatoms. The Balaban J connectivity index is 2.19. The fourth-order valence-corrected chi connectivity index (χ4v) is 0.993. The number of rotatable bonds is 9. The third kappa shape index (κ3) is 5.17. The smallest absolute Gasteiger partial charge is 0.186 e. The zero-order chi connectivity index (χ0) is 12.0. The molecule has 16 heavy (non-hydrogen) atoms. The average Bonchev–Trinajstić information content (AvgIpc) is 3.12. The van der Waals surface area contributed by atoms with Crippen LogP contribution >= 0.6 is 0 Å². The van der Waals surface area contributed by atoms with Crippen LogP contribution in [-0.2, 0) is 14.2 Å². The molecular weight excluding hydrogens is 220 g/mol. The van der Waals surface area contributed by atoms with Gasteiger partial charge in [-0.15, -0.1) is 0 Å². The van der Waals surface area contributed by atoms with Crippen LogP contribution in [-0.4, -0.2) is 78.1 Å². The molecule has 0 bridgehead atoms. The van der Waals surface area contributed by atoms with E-state index in [0.29, 0.717) is 6.61 Å². The zero-order valence-electron chi connectivity index (χ0n) is 8.86. The molecule has 0 spiro atoms. The summed E-state index contributed by atoms with van der Waals surface area (Å²) in [5.74, 6) is 0. The highest BCUT2D eigenvalue weighted by molar-refractivity contribution is 4.74. The Bertz CT molecular complexity index is 171. The molecule has 1 heterocycles. The molecule has 0 aliphatic carbocycles. The van der Waals surface area contributed by atoms with Gasteiger partial charge in [0.05, 0.1) is 33.0 Å². The van der Waals surface area contributed by atoms with Gasteiger partial charge in [-0.05, 0) is 0 Å². The molecule has 4 N–H and O–H groups in total. The summed E-state index contributed by atoms with van der Waals surface area (Å²) < 4.78 is 15.3. The van der Waals surface area contributed by atoms with Gasteiger partial charge in [-0.1, -0.05) is 0 Å². The van der Waals surface area contributed by atoms with Gasteiger partial charge in [-0.2, -0.15) is 0 Å². The first-order chi connectivity index (χ1) is 7.67. The van der Waals surface area contributed by atoms with Crippen LogP contribution in [0.25, 0.3) is 0 Å². The first-order valence-corrected chi connectivity index (χ1v) is 5.10. The SMILES string of the molecule is OCC(O)COC(OCC(O)CO)C1CO1. The van der Waals surface area contributed by atoms with Crippen molar-refractivity contribution in [2.45, 2.75) is 24.6 Å². The van der Waals surface area contributed by atoms with E-state index in [1.54, 1.807) is 0 Å². The molecule has 1 saturated heterocycles. The molecule has 0 radical (unpaired) electrons. The summed E-state index contributed by atoms with van der Waals surface area (Å²) in [6.45, 7) is -0.434. The first-order valence-electron chi connectivity index (χ1n) is 5.10. The third-order valence-corrected chi connectivity index (χ3v) is 1.99. The van der Waals surface area contributed by atoms with E-state index in [-0.39, 0.29) is 19.3 Å². The molecule has 7 nitrogen and oxygen atoms in total. The Morgan fingerprint density at radius 3 is 1.81 bits per heavy atom. The molecule has 3 unspecified atom stereocenters. The van der Waals surface area contributed by atoms with E-state index >= 15 is 0 Å². The van der Waals surface area contributed by atoms with E-state index in [9.17, 15) is 0 Å². The molecule has 1 rings (SSSR count). The summed E-state index contributed by atoms with van der Waals surface area (Å²) in [7, 11) is 0. The van der Waals surface area contributed by atoms with Crippen LogP contribution in [0, 0.1) is 0 Å². The lowest BCUT2D eigenvalue weighted by molar-refractivity contribution is -0.183. The summed E-state index contributed by atoms with van der Waals surface area (Å²) in [4.78, 5) is 0. The van der Waals surface area contributed by atoms with E-state index in [1.165, 1.54) is 0 Å². The monoisotopic (exact) mass is 238 g/mol. The highest BCUT2D eigenvalue weighted by atomic mass is 16.7. The molecule has 0 aromatic heterocycles. The predicted octanol–water partition coefficient (Wildman–Crippen LogP) is -2.55. The average molecular weight is 238 g/mol. The van der Waals surface area contributed by atoms with E-state index in [1.807, 2.05) is 0 Å². The van der Waals surface area contributed by atoms with Crippen molar-refractivity contribution in [2.75, 3.05) is 33.0 Å². The lowest BCUT2D eigenvalue weighted by Crippen LogP contribution is -2.32. The van der Waals surface area contributed by atoms with Crippen LogP contribution in [0.1, 0.15) is 0 Å². The van der Waals surface area contributed by atoms with Gasteiger partial charge in [0.2, 0.25) is 0 Å². The van der Waals surface area contributed by atoms with E-state index in [0.717, 1.165) is 0 Å². The number of hydrogen-bond acceptors (Lipinski definition) is 7. The van der Waals surface area contributed by atoms with Gasteiger partial charge in [-0.3, -0.25) is 0 Å². The second-order valence-corrected chi connectivity index (χ2v) is 3.58. The Kier molecular flexibility index (Phi) is 6.14. The number of hydrogen-bond donors (Lipinski definition) is 4. The molecule has 1 aliphatic heterocycles. The van der Waals surface area contributed by atoms with Crippen LogP contribution in [0.5, 0.6) is 0 Å². The molecule has 1 fully saturated rings. The molecular formula is C9H18O7. The second kappa shape index (κ2) is 7.13. The van der Waals surface area contributed by atoms with Crippen LogP contribution in [0.15, 0.2) is 0 Å². The molecule has 0 amide bonds. The summed E-state index contributed by atoms with van der Waals surface area (Å²) >= 11 is 0. The van der Waals surface area contributed by atoms with Crippen molar-refractivity contribution in [3.63, 3.8) is 0 Å². The molecule has 3 atom stereocenters. The zero-order valence-corrected chi connectivity index (χ0v) is 8.86. The van der Waals surface area contributed by atoms with E-state index in [4.69, 9.17) is 34.6 Å². The van der Waals surface area contributed by atoms with Gasteiger partial charge in [-0.25, -0.2) is 0 Å². The largest absolute Gasteiger partial charge is 0.394 e. The molecule has 1 aliphatic rings. The molecule has 0 aromatic rings. The van der Waals surface area contributed by atoms with Gasteiger partial charge in [0, 0.05) is 0 Å². The Hall–Kier alpha value is -0.280. The van der Waals surface area contributed by atoms with Crippen molar-refractivity contribution in [1.82, 2.24) is 0 Å². The van der Waals surface area contributed by atoms with Gasteiger partial charge < -0.3 is 34.6 Å². The fourth-order valence-electron chi connectivity index (χ4n) is 0.993. The summed E-state index contributed by atoms with van der Waals surface area (Å²) in [6, 6.07) is 0. The number of ether oxygens (including phenoxy) is 3. The van der Waals surface area contributed by atoms with Crippen molar-refractivity contribution in [3.8, 4) is 0 Å². The van der Waals surface area contributed by atoms with Crippen LogP contribution in [0.2, 0.25) is 0 Å².